The number of benzene rings is 6. The number of carbonyl (C=O) groups excluding carboxylic acids is 1. The SMILES string of the molecule is COc1cc(C(C)(C)c2cnc(SCc3c(F)cc(NC(=O)OC(C)(C)C)cc3Cl)n2-c2ccc(F)cc2)ccc1Cl.COc1cc(C(C)(C)c2cnc(SCc3c(F)cc(S(=O)(=O)O)cc3Cl)n2-c2ccc(F)cc2)ccc1Cl. The van der Waals surface area contributed by atoms with Gasteiger partial charge in [-0.1, -0.05) is 110 Å². The molecule has 0 atom stereocenters. The largest absolute Gasteiger partial charge is 0.495 e. The number of hydrogen-bond acceptors (Lipinski definition) is 10. The van der Waals surface area contributed by atoms with E-state index in [2.05, 4.69) is 15.3 Å². The van der Waals surface area contributed by atoms with Gasteiger partial charge in [0.15, 0.2) is 10.3 Å². The number of aromatic nitrogens is 4. The summed E-state index contributed by atoms with van der Waals surface area (Å²) in [5, 5.41) is 4.47. The minimum absolute atomic E-state index is 0.00324. The minimum Gasteiger partial charge on any atom is -0.495 e. The number of carbonyl (C=O) groups is 1. The van der Waals surface area contributed by atoms with Crippen molar-refractivity contribution in [1.82, 2.24) is 19.1 Å². The number of amides is 1. The fourth-order valence-electron chi connectivity index (χ4n) is 8.20. The number of anilines is 1. The zero-order chi connectivity index (χ0) is 58.6. The van der Waals surface area contributed by atoms with Crippen molar-refractivity contribution in [2.75, 3.05) is 19.5 Å². The van der Waals surface area contributed by atoms with Gasteiger partial charge in [0.2, 0.25) is 0 Å². The summed E-state index contributed by atoms with van der Waals surface area (Å²) in [6.45, 7) is 13.2. The molecule has 2 N–H and O–H groups in total. The lowest BCUT2D eigenvalue weighted by molar-refractivity contribution is 0.0635. The lowest BCUT2D eigenvalue weighted by Crippen LogP contribution is -2.27. The number of nitrogens with zero attached hydrogens (tertiary/aromatic N) is 4. The summed E-state index contributed by atoms with van der Waals surface area (Å²) in [7, 11) is -1.54. The van der Waals surface area contributed by atoms with Crippen LogP contribution in [0, 0.1) is 23.3 Å². The van der Waals surface area contributed by atoms with Gasteiger partial charge in [-0.25, -0.2) is 32.3 Å². The zero-order valence-corrected chi connectivity index (χ0v) is 49.9. The highest BCUT2D eigenvalue weighted by Gasteiger charge is 2.33. The van der Waals surface area contributed by atoms with Gasteiger partial charge < -0.3 is 14.2 Å². The van der Waals surface area contributed by atoms with E-state index in [9.17, 15) is 30.9 Å². The van der Waals surface area contributed by atoms with Crippen molar-refractivity contribution in [1.29, 1.82) is 0 Å². The van der Waals surface area contributed by atoms with Crippen LogP contribution in [-0.2, 0) is 37.2 Å². The molecule has 23 heteroatoms. The molecule has 0 unspecified atom stereocenters. The second kappa shape index (κ2) is 25.1. The number of ether oxygens (including phenoxy) is 3. The predicted octanol–water partition coefficient (Wildman–Crippen LogP) is 16.8. The van der Waals surface area contributed by atoms with Crippen molar-refractivity contribution < 1.29 is 49.5 Å². The van der Waals surface area contributed by atoms with Crippen LogP contribution in [0.25, 0.3) is 11.4 Å². The van der Waals surface area contributed by atoms with E-state index in [1.54, 1.807) is 76.7 Å². The maximum absolute atomic E-state index is 15.2. The highest BCUT2D eigenvalue weighted by molar-refractivity contribution is 7.98. The molecule has 0 aliphatic carbocycles. The summed E-state index contributed by atoms with van der Waals surface area (Å²) in [4.78, 5) is 20.7. The summed E-state index contributed by atoms with van der Waals surface area (Å²) >= 11 is 27.5. The minimum atomic E-state index is -4.62. The molecule has 80 heavy (non-hydrogen) atoms. The van der Waals surface area contributed by atoms with Crippen molar-refractivity contribution in [2.45, 2.75) is 91.6 Å². The van der Waals surface area contributed by atoms with Crippen molar-refractivity contribution in [2.24, 2.45) is 0 Å². The molecule has 0 bridgehead atoms. The number of imidazole rings is 2. The Morgan fingerprint density at radius 3 is 1.39 bits per heavy atom. The topological polar surface area (TPSA) is 147 Å². The van der Waals surface area contributed by atoms with E-state index < -0.39 is 55.0 Å². The Labute approximate surface area is 489 Å². The number of rotatable bonds is 16. The molecule has 1 amide bonds. The fourth-order valence-corrected chi connectivity index (χ4v) is 11.9. The lowest BCUT2D eigenvalue weighted by atomic mass is 9.81. The van der Waals surface area contributed by atoms with Crippen molar-refractivity contribution in [3.63, 3.8) is 0 Å². The maximum atomic E-state index is 15.2. The summed E-state index contributed by atoms with van der Waals surface area (Å²) in [5.41, 5.74) is 3.22. The fraction of sp³-hybridized carbons (Fsp3) is 0.246. The average molecular weight is 1230 g/mol. The van der Waals surface area contributed by atoms with Gasteiger partial charge in [0.1, 0.15) is 40.4 Å². The van der Waals surface area contributed by atoms with Crippen LogP contribution in [0.2, 0.25) is 20.1 Å². The molecule has 0 fully saturated rings. The van der Waals surface area contributed by atoms with Gasteiger partial charge >= 0.3 is 6.09 Å². The van der Waals surface area contributed by atoms with E-state index in [1.807, 2.05) is 61.1 Å². The van der Waals surface area contributed by atoms with Crippen LogP contribution in [0.4, 0.5) is 28.0 Å². The van der Waals surface area contributed by atoms with E-state index >= 15 is 4.39 Å². The number of halogens is 8. The molecule has 0 saturated carbocycles. The van der Waals surface area contributed by atoms with E-state index in [0.29, 0.717) is 49.3 Å². The third-order valence-electron chi connectivity index (χ3n) is 12.5. The van der Waals surface area contributed by atoms with Crippen LogP contribution in [-0.4, -0.2) is 58.0 Å². The number of hydrogen-bond donors (Lipinski definition) is 2. The Balaban J connectivity index is 0.000000232. The van der Waals surface area contributed by atoms with Crippen LogP contribution in [0.5, 0.6) is 11.5 Å². The lowest BCUT2D eigenvalue weighted by Gasteiger charge is -2.28. The first-order valence-electron chi connectivity index (χ1n) is 24.1. The van der Waals surface area contributed by atoms with Crippen LogP contribution >= 0.6 is 69.9 Å². The van der Waals surface area contributed by atoms with Gasteiger partial charge in [-0.3, -0.25) is 19.0 Å². The number of nitrogens with one attached hydrogen (secondary N) is 1. The van der Waals surface area contributed by atoms with Gasteiger partial charge in [-0.05, 0) is 129 Å². The molecule has 0 radical (unpaired) electrons. The van der Waals surface area contributed by atoms with E-state index in [-0.39, 0.29) is 44.2 Å². The molecule has 0 saturated heterocycles. The Kier molecular flexibility index (Phi) is 19.3. The molecule has 422 valence electrons. The standard InChI is InChI=1S/C31H31Cl2F2N3O3S.C26H22Cl2F2N2O4S2/c1-30(2,3)41-29(39)37-20-14-24(33)22(25(35)15-20)17-42-28-36-16-27(38(28)21-10-8-19(34)9-11-21)31(4,5)18-7-12-23(32)26(13-18)40-6;1-26(2,15-4-9-20(27)23(10-15)36-3)24-13-31-25(32(24)17-7-5-16(29)6-8-17)37-14-19-21(28)11-18(12-22(19)30)38(33,34)35/h7-16H,17H2,1-6H3,(H,37,39);4-13H,14H2,1-3H3,(H,33,34,35). The van der Waals surface area contributed by atoms with E-state index in [0.717, 1.165) is 40.3 Å². The van der Waals surface area contributed by atoms with E-state index in [1.165, 1.54) is 55.3 Å². The van der Waals surface area contributed by atoms with Crippen molar-refractivity contribution in [3.8, 4) is 22.9 Å². The Morgan fingerprint density at radius 1 is 0.600 bits per heavy atom. The van der Waals surface area contributed by atoms with Gasteiger partial charge in [-0.15, -0.1) is 0 Å². The Hall–Kier alpha value is -5.90. The molecule has 2 heterocycles. The highest BCUT2D eigenvalue weighted by Crippen LogP contribution is 2.42. The van der Waals surface area contributed by atoms with Gasteiger partial charge in [0, 0.05) is 60.6 Å². The maximum Gasteiger partial charge on any atom is 0.412 e. The summed E-state index contributed by atoms with van der Waals surface area (Å²) < 4.78 is 109. The average Bonchev–Trinajstić information content (AvgIpc) is 4.21. The Bertz CT molecular complexity index is 3640. The highest BCUT2D eigenvalue weighted by atomic mass is 35.5. The molecule has 12 nitrogen and oxygen atoms in total. The molecular formula is C57H53Cl4F4N5O7S3. The predicted molar refractivity (Wildman–Crippen MR) is 309 cm³/mol. The van der Waals surface area contributed by atoms with E-state index in [4.69, 9.17) is 60.6 Å². The summed E-state index contributed by atoms with van der Waals surface area (Å²) in [6.07, 6.45) is 2.72. The smallest absolute Gasteiger partial charge is 0.412 e. The van der Waals surface area contributed by atoms with Gasteiger partial charge in [0.05, 0.1) is 52.9 Å². The number of thioether (sulfide) groups is 2. The molecule has 8 aromatic rings. The van der Waals surface area contributed by atoms with Crippen LogP contribution in [0.3, 0.4) is 0 Å². The monoisotopic (exact) mass is 1230 g/mol. The molecular weight excluding hydrogens is 1180 g/mol. The Morgan fingerprint density at radius 2 is 1.01 bits per heavy atom. The first kappa shape index (κ1) is 61.7. The third kappa shape index (κ3) is 14.4. The summed E-state index contributed by atoms with van der Waals surface area (Å²) in [5.74, 6) is -1.05. The van der Waals surface area contributed by atoms with Gasteiger partial charge in [0.25, 0.3) is 10.1 Å². The molecule has 0 aliphatic rings. The van der Waals surface area contributed by atoms with Crippen molar-refractivity contribution in [3.05, 3.63) is 199 Å². The second-order valence-corrected chi connectivity index (χ2v) is 24.8. The third-order valence-corrected chi connectivity index (χ3v) is 16.6. The van der Waals surface area contributed by atoms with Crippen LogP contribution in [0.1, 0.15) is 82.1 Å². The second-order valence-electron chi connectivity index (χ2n) is 19.9. The molecule has 8 rings (SSSR count). The van der Waals surface area contributed by atoms with Crippen LogP contribution < -0.4 is 14.8 Å². The molecule has 0 spiro atoms. The molecule has 0 aliphatic heterocycles. The zero-order valence-electron chi connectivity index (χ0n) is 44.4. The first-order chi connectivity index (χ1) is 37.5. The van der Waals surface area contributed by atoms with Crippen molar-refractivity contribution >= 4 is 91.8 Å². The molecule has 2 aromatic heterocycles. The van der Waals surface area contributed by atoms with Gasteiger partial charge in [-0.2, -0.15) is 8.42 Å². The normalized spacial score (nSPS) is 12.0. The number of methoxy groups -OCH3 is 2. The quantitative estimate of drug-likeness (QED) is 0.0541. The molecule has 6 aromatic carbocycles. The van der Waals surface area contributed by atoms with Crippen LogP contribution in [0.15, 0.2) is 137 Å². The first-order valence-corrected chi connectivity index (χ1v) is 29.0. The summed E-state index contributed by atoms with van der Waals surface area (Å²) in [6, 6.07) is 27.3.